The van der Waals surface area contributed by atoms with Gasteiger partial charge in [-0.3, -0.25) is 0 Å². The van der Waals surface area contributed by atoms with Gasteiger partial charge in [-0.05, 0) is 6.26 Å². The molecule has 2 N–H and O–H groups in total. The second-order valence-electron chi connectivity index (χ2n) is 1.14. The number of rotatable bonds is 2. The van der Waals surface area contributed by atoms with Gasteiger partial charge in [0.05, 0.1) is 6.61 Å². The van der Waals surface area contributed by atoms with Gasteiger partial charge in [0, 0.05) is 6.54 Å². The van der Waals surface area contributed by atoms with Crippen LogP contribution in [0.15, 0.2) is 0 Å². The van der Waals surface area contributed by atoms with Crippen molar-refractivity contribution in [1.29, 1.82) is 0 Å². The van der Waals surface area contributed by atoms with Crippen molar-refractivity contribution in [3.63, 3.8) is 0 Å². The zero-order valence-electron chi connectivity index (χ0n) is 4.68. The van der Waals surface area contributed by atoms with E-state index >= 15 is 0 Å². The standard InChI is InChI=1S/C4H9NOS2/c1-8-4(7)5-2-3-6/h6H,2-3H2,1H3,(H,5,7). The van der Waals surface area contributed by atoms with Gasteiger partial charge in [0.2, 0.25) is 0 Å². The van der Waals surface area contributed by atoms with Crippen molar-refractivity contribution in [3.05, 3.63) is 0 Å². The lowest BCUT2D eigenvalue weighted by molar-refractivity contribution is 0.301. The van der Waals surface area contributed by atoms with E-state index in [0.717, 1.165) is 4.32 Å². The van der Waals surface area contributed by atoms with Gasteiger partial charge in [0.25, 0.3) is 0 Å². The molecular formula is C4H9NOS2. The first-order chi connectivity index (χ1) is 3.81. The summed E-state index contributed by atoms with van der Waals surface area (Å²) in [4.78, 5) is 0. The minimum atomic E-state index is 0.140. The fraction of sp³-hybridized carbons (Fsp3) is 0.750. The molecular weight excluding hydrogens is 142 g/mol. The first-order valence-corrected chi connectivity index (χ1v) is 3.87. The van der Waals surface area contributed by atoms with Crippen LogP contribution in [0.2, 0.25) is 0 Å². The molecule has 0 amide bonds. The van der Waals surface area contributed by atoms with Gasteiger partial charge in [0.15, 0.2) is 0 Å². The summed E-state index contributed by atoms with van der Waals surface area (Å²) < 4.78 is 0.735. The summed E-state index contributed by atoms with van der Waals surface area (Å²) in [6.45, 7) is 0.695. The lowest BCUT2D eigenvalue weighted by Gasteiger charge is -1.99. The Balaban J connectivity index is 2.99. The van der Waals surface area contributed by atoms with E-state index in [0.29, 0.717) is 6.54 Å². The Morgan fingerprint density at radius 2 is 2.50 bits per heavy atom. The fourth-order valence-electron chi connectivity index (χ4n) is 0.230. The molecule has 0 saturated carbocycles. The summed E-state index contributed by atoms with van der Waals surface area (Å²) in [5.41, 5.74) is 0. The molecule has 0 rings (SSSR count). The van der Waals surface area contributed by atoms with Gasteiger partial charge < -0.3 is 10.4 Å². The molecule has 0 spiro atoms. The van der Waals surface area contributed by atoms with E-state index in [4.69, 9.17) is 17.3 Å². The third-order valence-electron chi connectivity index (χ3n) is 0.567. The Kier molecular flexibility index (Phi) is 5.47. The number of hydrogen-bond donors (Lipinski definition) is 2. The van der Waals surface area contributed by atoms with Crippen molar-refractivity contribution < 1.29 is 5.11 Å². The molecule has 0 aliphatic rings. The van der Waals surface area contributed by atoms with Gasteiger partial charge in [-0.25, -0.2) is 0 Å². The zero-order chi connectivity index (χ0) is 6.41. The number of aliphatic hydroxyl groups excluding tert-OH is 1. The molecule has 0 heterocycles. The highest BCUT2D eigenvalue weighted by molar-refractivity contribution is 8.22. The summed E-state index contributed by atoms with van der Waals surface area (Å²) in [6, 6.07) is 0. The number of thiocarbonyl (C=S) groups is 1. The monoisotopic (exact) mass is 151 g/mol. The predicted molar refractivity (Wildman–Crippen MR) is 41.2 cm³/mol. The maximum absolute atomic E-state index is 8.28. The third kappa shape index (κ3) is 4.36. The van der Waals surface area contributed by atoms with Gasteiger partial charge in [-0.2, -0.15) is 0 Å². The van der Waals surface area contributed by atoms with Crippen molar-refractivity contribution in [2.45, 2.75) is 0 Å². The zero-order valence-corrected chi connectivity index (χ0v) is 6.31. The van der Waals surface area contributed by atoms with Crippen LogP contribution in [-0.4, -0.2) is 28.8 Å². The molecule has 48 valence electrons. The highest BCUT2D eigenvalue weighted by atomic mass is 32.2. The van der Waals surface area contributed by atoms with E-state index < -0.39 is 0 Å². The smallest absolute Gasteiger partial charge is 0.133 e. The van der Waals surface area contributed by atoms with Crippen LogP contribution in [-0.2, 0) is 0 Å². The molecule has 0 unspecified atom stereocenters. The molecule has 4 heteroatoms. The van der Waals surface area contributed by atoms with Crippen LogP contribution >= 0.6 is 24.0 Å². The second kappa shape index (κ2) is 5.34. The van der Waals surface area contributed by atoms with E-state index in [1.165, 1.54) is 11.8 Å². The van der Waals surface area contributed by atoms with Gasteiger partial charge in [-0.1, -0.05) is 12.2 Å². The molecule has 0 aromatic carbocycles. The van der Waals surface area contributed by atoms with Gasteiger partial charge in [0.1, 0.15) is 4.32 Å². The minimum absolute atomic E-state index is 0.140. The van der Waals surface area contributed by atoms with E-state index in [-0.39, 0.29) is 6.61 Å². The van der Waals surface area contributed by atoms with Crippen LogP contribution in [0.3, 0.4) is 0 Å². The van der Waals surface area contributed by atoms with Crippen molar-refractivity contribution >= 4 is 28.3 Å². The largest absolute Gasteiger partial charge is 0.395 e. The van der Waals surface area contributed by atoms with Crippen molar-refractivity contribution in [2.75, 3.05) is 19.4 Å². The van der Waals surface area contributed by atoms with Crippen LogP contribution in [0.1, 0.15) is 0 Å². The van der Waals surface area contributed by atoms with E-state index in [1.807, 2.05) is 6.26 Å². The van der Waals surface area contributed by atoms with Crippen molar-refractivity contribution in [2.24, 2.45) is 0 Å². The second-order valence-corrected chi connectivity index (χ2v) is 2.63. The Morgan fingerprint density at radius 1 is 1.88 bits per heavy atom. The number of hydrogen-bond acceptors (Lipinski definition) is 3. The van der Waals surface area contributed by atoms with Crippen molar-refractivity contribution in [1.82, 2.24) is 5.32 Å². The summed E-state index contributed by atoms with van der Waals surface area (Å²) in [6.07, 6.45) is 1.90. The molecule has 0 aromatic heterocycles. The SMILES string of the molecule is CSC(=S)NCCO. The van der Waals surface area contributed by atoms with E-state index in [1.54, 1.807) is 0 Å². The Hall–Kier alpha value is 0.200. The predicted octanol–water partition coefficient (Wildman–Crippen LogP) is 0.216. The third-order valence-corrected chi connectivity index (χ3v) is 1.73. The van der Waals surface area contributed by atoms with Crippen LogP contribution < -0.4 is 5.32 Å². The molecule has 0 atom stereocenters. The Bertz CT molecular complexity index is 76.4. The Labute approximate surface area is 58.7 Å². The first-order valence-electron chi connectivity index (χ1n) is 2.24. The van der Waals surface area contributed by atoms with E-state index in [9.17, 15) is 0 Å². The first kappa shape index (κ1) is 8.20. The topological polar surface area (TPSA) is 32.3 Å². The normalized spacial score (nSPS) is 8.75. The van der Waals surface area contributed by atoms with Crippen molar-refractivity contribution in [3.8, 4) is 0 Å². The number of nitrogens with one attached hydrogen (secondary N) is 1. The molecule has 0 radical (unpaired) electrons. The fourth-order valence-corrected chi connectivity index (χ4v) is 0.579. The molecule has 2 nitrogen and oxygen atoms in total. The number of thioether (sulfide) groups is 1. The molecule has 0 aliphatic heterocycles. The lowest BCUT2D eigenvalue weighted by atomic mass is 10.7. The molecule has 0 bridgehead atoms. The highest BCUT2D eigenvalue weighted by Crippen LogP contribution is 1.91. The quantitative estimate of drug-likeness (QED) is 0.553. The molecule has 0 aliphatic carbocycles. The molecule has 0 fully saturated rings. The maximum atomic E-state index is 8.28. The summed E-state index contributed by atoms with van der Waals surface area (Å²) in [5, 5.41) is 11.1. The molecule has 0 saturated heterocycles. The average molecular weight is 151 g/mol. The van der Waals surface area contributed by atoms with Gasteiger partial charge in [-0.15, -0.1) is 11.8 Å². The lowest BCUT2D eigenvalue weighted by Crippen LogP contribution is -2.21. The summed E-state index contributed by atoms with van der Waals surface area (Å²) in [5.74, 6) is 0. The van der Waals surface area contributed by atoms with Crippen LogP contribution in [0, 0.1) is 0 Å². The van der Waals surface area contributed by atoms with Crippen LogP contribution in [0.25, 0.3) is 0 Å². The average Bonchev–Trinajstić information content (AvgIpc) is 1.83. The Morgan fingerprint density at radius 3 is 2.88 bits per heavy atom. The summed E-state index contributed by atoms with van der Waals surface area (Å²) >= 11 is 6.24. The van der Waals surface area contributed by atoms with Crippen LogP contribution in [0.5, 0.6) is 0 Å². The van der Waals surface area contributed by atoms with Crippen LogP contribution in [0.4, 0.5) is 0 Å². The minimum Gasteiger partial charge on any atom is -0.395 e. The highest BCUT2D eigenvalue weighted by Gasteiger charge is 1.86. The molecule has 8 heavy (non-hydrogen) atoms. The van der Waals surface area contributed by atoms with Gasteiger partial charge >= 0.3 is 0 Å². The maximum Gasteiger partial charge on any atom is 0.133 e. The molecule has 0 aromatic rings. The summed E-state index contributed by atoms with van der Waals surface area (Å²) in [7, 11) is 0. The van der Waals surface area contributed by atoms with E-state index in [2.05, 4.69) is 5.32 Å². The number of aliphatic hydroxyl groups is 1.